The van der Waals surface area contributed by atoms with E-state index in [0.29, 0.717) is 36.7 Å². The fourth-order valence-electron chi connectivity index (χ4n) is 5.74. The van der Waals surface area contributed by atoms with Crippen molar-refractivity contribution in [2.45, 2.75) is 82.3 Å². The molecule has 2 fully saturated rings. The van der Waals surface area contributed by atoms with Gasteiger partial charge in [-0.2, -0.15) is 13.2 Å². The molecule has 8 nitrogen and oxygen atoms in total. The van der Waals surface area contributed by atoms with Gasteiger partial charge in [-0.15, -0.1) is 0 Å². The molecular formula is C30H38F3N3O5. The molecule has 2 aromatic carbocycles. The van der Waals surface area contributed by atoms with Crippen molar-refractivity contribution in [2.24, 2.45) is 5.73 Å². The number of fused-ring (bicyclic) bond motifs is 2. The summed E-state index contributed by atoms with van der Waals surface area (Å²) in [5, 5.41) is 17.5. The van der Waals surface area contributed by atoms with E-state index < -0.39 is 17.7 Å². The van der Waals surface area contributed by atoms with Crippen molar-refractivity contribution in [2.75, 3.05) is 13.1 Å². The first-order valence-corrected chi connectivity index (χ1v) is 13.7. The summed E-state index contributed by atoms with van der Waals surface area (Å²) >= 11 is 0. The van der Waals surface area contributed by atoms with Crippen molar-refractivity contribution in [3.8, 4) is 0 Å². The number of piperidine rings is 1. The molecule has 2 amide bonds. The quantitative estimate of drug-likeness (QED) is 0.408. The number of primary amides is 1. The van der Waals surface area contributed by atoms with Gasteiger partial charge in [0, 0.05) is 37.3 Å². The number of aliphatic carboxylic acids is 1. The summed E-state index contributed by atoms with van der Waals surface area (Å²) in [6, 6.07) is 18.8. The van der Waals surface area contributed by atoms with Gasteiger partial charge >= 0.3 is 12.1 Å². The minimum absolute atomic E-state index is 0.229. The lowest BCUT2D eigenvalue weighted by Gasteiger charge is -2.39. The molecule has 2 saturated heterocycles. The molecule has 0 spiro atoms. The largest absolute Gasteiger partial charge is 0.490 e. The number of hydrogen-bond donors (Lipinski definition) is 3. The van der Waals surface area contributed by atoms with E-state index in [1.807, 2.05) is 42.5 Å². The Kier molecular flexibility index (Phi) is 10.5. The Bertz CT molecular complexity index is 1190. The van der Waals surface area contributed by atoms with E-state index in [4.69, 9.17) is 15.6 Å². The minimum atomic E-state index is -5.08. The number of carboxylic acids is 1. The van der Waals surface area contributed by atoms with Crippen LogP contribution in [-0.4, -0.2) is 74.7 Å². The molecule has 4 rings (SSSR count). The van der Waals surface area contributed by atoms with Crippen LogP contribution in [0.2, 0.25) is 0 Å². The second kappa shape index (κ2) is 13.5. The highest BCUT2D eigenvalue weighted by Crippen LogP contribution is 2.43. The second-order valence-corrected chi connectivity index (χ2v) is 11.2. The predicted octanol–water partition coefficient (Wildman–Crippen LogP) is 4.32. The predicted molar refractivity (Wildman–Crippen MR) is 147 cm³/mol. The van der Waals surface area contributed by atoms with E-state index in [9.17, 15) is 27.9 Å². The first-order chi connectivity index (χ1) is 19.2. The van der Waals surface area contributed by atoms with Gasteiger partial charge in [0.25, 0.3) is 5.91 Å². The molecule has 0 aliphatic carbocycles. The van der Waals surface area contributed by atoms with Gasteiger partial charge in [0.15, 0.2) is 0 Å². The standard InChI is InChI=1S/C28H37N3O3.C2HF3O2/c1-28(2,34)27(33)30(19-20-8-4-3-5-9-20)14-7-15-31-24-12-13-25(31)18-23(17-24)21-10-6-11-22(16-21)26(29)32;3-2(4,5)1(6)7/h3-6,8-11,16,23-25,34H,7,12-15,17-19H2,1-2H3,(H2,29,32);(H,6,7). The second-order valence-electron chi connectivity index (χ2n) is 11.2. The van der Waals surface area contributed by atoms with Crippen LogP contribution in [-0.2, 0) is 16.1 Å². The Balaban J connectivity index is 0.000000587. The SMILES string of the molecule is CC(C)(O)C(=O)N(CCCN1C2CCC1CC(c1cccc(C(N)=O)c1)C2)Cc1ccccc1.O=C(O)C(F)(F)F. The fourth-order valence-corrected chi connectivity index (χ4v) is 5.74. The number of amides is 2. The number of nitrogens with zero attached hydrogens (tertiary/aromatic N) is 2. The van der Waals surface area contributed by atoms with Crippen LogP contribution in [0, 0.1) is 0 Å². The van der Waals surface area contributed by atoms with E-state index in [-0.39, 0.29) is 11.8 Å². The highest BCUT2D eigenvalue weighted by atomic mass is 19.4. The number of halogens is 3. The van der Waals surface area contributed by atoms with Crippen molar-refractivity contribution in [1.29, 1.82) is 0 Å². The first-order valence-electron chi connectivity index (χ1n) is 13.7. The average Bonchev–Trinajstić information content (AvgIpc) is 3.13. The smallest absolute Gasteiger partial charge is 0.475 e. The molecular weight excluding hydrogens is 539 g/mol. The monoisotopic (exact) mass is 577 g/mol. The van der Waals surface area contributed by atoms with Gasteiger partial charge in [0.2, 0.25) is 5.91 Å². The Morgan fingerprint density at radius 2 is 1.59 bits per heavy atom. The van der Waals surface area contributed by atoms with Gasteiger partial charge in [-0.3, -0.25) is 14.5 Å². The minimum Gasteiger partial charge on any atom is -0.475 e. The van der Waals surface area contributed by atoms with Crippen LogP contribution in [0.5, 0.6) is 0 Å². The topological polar surface area (TPSA) is 124 Å². The highest BCUT2D eigenvalue weighted by molar-refractivity contribution is 5.92. The van der Waals surface area contributed by atoms with Gasteiger partial charge in [0.1, 0.15) is 5.60 Å². The number of carbonyl (C=O) groups is 3. The zero-order chi connectivity index (χ0) is 30.4. The molecule has 2 aliphatic rings. The third-order valence-corrected chi connectivity index (χ3v) is 7.64. The zero-order valence-corrected chi connectivity index (χ0v) is 23.3. The number of carbonyl (C=O) groups excluding carboxylic acids is 2. The van der Waals surface area contributed by atoms with Crippen LogP contribution in [0.25, 0.3) is 0 Å². The lowest BCUT2D eigenvalue weighted by atomic mass is 9.84. The Morgan fingerprint density at radius 1 is 1.00 bits per heavy atom. The third kappa shape index (κ3) is 9.02. The van der Waals surface area contributed by atoms with Crippen LogP contribution < -0.4 is 5.73 Å². The molecule has 2 bridgehead atoms. The Hall–Kier alpha value is -3.44. The highest BCUT2D eigenvalue weighted by Gasteiger charge is 2.41. The molecule has 2 unspecified atom stereocenters. The molecule has 4 N–H and O–H groups in total. The van der Waals surface area contributed by atoms with Crippen molar-refractivity contribution in [3.63, 3.8) is 0 Å². The van der Waals surface area contributed by atoms with E-state index in [0.717, 1.165) is 31.4 Å². The number of aliphatic hydroxyl groups is 1. The van der Waals surface area contributed by atoms with Gasteiger partial charge in [-0.05, 0) is 75.1 Å². The molecule has 2 atom stereocenters. The summed E-state index contributed by atoms with van der Waals surface area (Å²) in [5.74, 6) is -2.90. The third-order valence-electron chi connectivity index (χ3n) is 7.64. The summed E-state index contributed by atoms with van der Waals surface area (Å²) in [6.45, 7) is 5.21. The summed E-state index contributed by atoms with van der Waals surface area (Å²) in [7, 11) is 0. The molecule has 41 heavy (non-hydrogen) atoms. The van der Waals surface area contributed by atoms with E-state index in [2.05, 4.69) is 11.0 Å². The number of alkyl halides is 3. The molecule has 2 aliphatic heterocycles. The molecule has 2 heterocycles. The summed E-state index contributed by atoms with van der Waals surface area (Å²) in [4.78, 5) is 37.8. The molecule has 0 saturated carbocycles. The lowest BCUT2D eigenvalue weighted by molar-refractivity contribution is -0.192. The van der Waals surface area contributed by atoms with E-state index in [1.165, 1.54) is 18.4 Å². The van der Waals surface area contributed by atoms with Crippen LogP contribution in [0.1, 0.15) is 73.4 Å². The molecule has 2 aromatic rings. The molecule has 224 valence electrons. The maximum absolute atomic E-state index is 12.9. The lowest BCUT2D eigenvalue weighted by Crippen LogP contribution is -2.47. The Labute approximate surface area is 237 Å². The van der Waals surface area contributed by atoms with Crippen molar-refractivity contribution < 1.29 is 37.8 Å². The maximum atomic E-state index is 12.9. The number of benzene rings is 2. The normalized spacial score (nSPS) is 20.6. The van der Waals surface area contributed by atoms with Crippen LogP contribution in [0.15, 0.2) is 54.6 Å². The average molecular weight is 578 g/mol. The van der Waals surface area contributed by atoms with Crippen LogP contribution in [0.4, 0.5) is 13.2 Å². The molecule has 0 radical (unpaired) electrons. The summed E-state index contributed by atoms with van der Waals surface area (Å²) < 4.78 is 31.7. The van der Waals surface area contributed by atoms with Crippen LogP contribution >= 0.6 is 0 Å². The number of nitrogens with two attached hydrogens (primary N) is 1. The first kappa shape index (κ1) is 32.1. The number of carboxylic acid groups (broad SMARTS) is 1. The van der Waals surface area contributed by atoms with E-state index in [1.54, 1.807) is 24.8 Å². The molecule has 11 heteroatoms. The maximum Gasteiger partial charge on any atom is 0.490 e. The van der Waals surface area contributed by atoms with Crippen molar-refractivity contribution in [3.05, 3.63) is 71.3 Å². The van der Waals surface area contributed by atoms with Gasteiger partial charge < -0.3 is 20.8 Å². The Morgan fingerprint density at radius 3 is 2.10 bits per heavy atom. The zero-order valence-electron chi connectivity index (χ0n) is 23.3. The number of rotatable bonds is 9. The van der Waals surface area contributed by atoms with Gasteiger partial charge in [0.05, 0.1) is 0 Å². The summed E-state index contributed by atoms with van der Waals surface area (Å²) in [6.07, 6.45) is 0.383. The van der Waals surface area contributed by atoms with Crippen molar-refractivity contribution >= 4 is 17.8 Å². The van der Waals surface area contributed by atoms with Gasteiger partial charge in [-0.25, -0.2) is 4.79 Å². The van der Waals surface area contributed by atoms with Crippen molar-refractivity contribution in [1.82, 2.24) is 9.80 Å². The summed E-state index contributed by atoms with van der Waals surface area (Å²) in [5.41, 5.74) is 6.98. The van der Waals surface area contributed by atoms with Gasteiger partial charge in [-0.1, -0.05) is 42.5 Å². The fraction of sp³-hybridized carbons (Fsp3) is 0.500. The number of hydrogen-bond acceptors (Lipinski definition) is 5. The van der Waals surface area contributed by atoms with Crippen LogP contribution in [0.3, 0.4) is 0 Å². The molecule has 0 aromatic heterocycles. The van der Waals surface area contributed by atoms with E-state index >= 15 is 0 Å².